The number of nitrogens with zero attached hydrogens (tertiary/aromatic N) is 2. The number of nitrogens with one attached hydrogen (secondary N) is 1. The van der Waals surface area contributed by atoms with Crippen molar-refractivity contribution >= 4 is 20.9 Å². The lowest BCUT2D eigenvalue weighted by Crippen LogP contribution is -2.37. The van der Waals surface area contributed by atoms with E-state index in [1.807, 2.05) is 4.72 Å². The van der Waals surface area contributed by atoms with Gasteiger partial charge in [0, 0.05) is 23.1 Å². The largest absolute Gasteiger partial charge is 0.336 e. The molecule has 3 aromatic rings. The molecular formula is C21H23F2N3O2S. The lowest BCUT2D eigenvalue weighted by molar-refractivity contribution is 0.324. The summed E-state index contributed by atoms with van der Waals surface area (Å²) >= 11 is 0. The average Bonchev–Trinajstić information content (AvgIpc) is 3.03. The molecule has 1 N–H and O–H groups in total. The van der Waals surface area contributed by atoms with Crippen LogP contribution in [0.4, 0.5) is 8.78 Å². The minimum absolute atomic E-state index is 0.115. The Hall–Kier alpha value is -2.32. The maximum atomic E-state index is 12.7. The molecule has 1 saturated carbocycles. The normalized spacial score (nSPS) is 15.2. The van der Waals surface area contributed by atoms with Gasteiger partial charge in [0.2, 0.25) is 10.0 Å². The number of benzene rings is 1. The highest BCUT2D eigenvalue weighted by Gasteiger charge is 2.25. The van der Waals surface area contributed by atoms with Gasteiger partial charge in [-0.15, -0.1) is 0 Å². The van der Waals surface area contributed by atoms with E-state index in [-0.39, 0.29) is 4.90 Å². The maximum Gasteiger partial charge on any atom is 0.242 e. The molecule has 2 heterocycles. The third-order valence-electron chi connectivity index (χ3n) is 5.44. The van der Waals surface area contributed by atoms with E-state index in [9.17, 15) is 17.2 Å². The van der Waals surface area contributed by atoms with Gasteiger partial charge in [-0.25, -0.2) is 21.9 Å². The number of pyridine rings is 1. The fraction of sp³-hybridized carbons (Fsp3) is 0.381. The molecule has 1 aromatic carbocycles. The molecule has 0 amide bonds. The summed E-state index contributed by atoms with van der Waals surface area (Å²) in [6.07, 6.45) is 4.64. The van der Waals surface area contributed by atoms with Gasteiger partial charge in [-0.1, -0.05) is 12.1 Å². The Labute approximate surface area is 168 Å². The first kappa shape index (κ1) is 20.0. The molecule has 0 saturated heterocycles. The predicted molar refractivity (Wildman–Crippen MR) is 109 cm³/mol. The van der Waals surface area contributed by atoms with Gasteiger partial charge in [-0.2, -0.15) is 0 Å². The monoisotopic (exact) mass is 419 g/mol. The van der Waals surface area contributed by atoms with Crippen LogP contribution in [-0.2, 0) is 10.0 Å². The Balaban J connectivity index is 1.72. The molecule has 1 fully saturated rings. The minimum atomic E-state index is -4.03. The van der Waals surface area contributed by atoms with Crippen LogP contribution in [0.25, 0.3) is 22.3 Å². The predicted octanol–water partition coefficient (Wildman–Crippen LogP) is 4.32. The molecule has 2 aromatic heterocycles. The standard InChI is InChI=1S/C21H23F2N3O2S/c1-14-5-6-15-10-21(26(20(15)9-14)17-3-2-4-17)19-8-7-18(13-24-19)29(27,28)25-16(11-22)12-23/h5-10,13,16-17,25H,2-4,11-12H2,1H3. The molecule has 0 atom stereocenters. The molecule has 0 aliphatic heterocycles. The van der Waals surface area contributed by atoms with Crippen LogP contribution in [0.1, 0.15) is 30.9 Å². The Kier molecular flexibility index (Phi) is 5.40. The molecule has 29 heavy (non-hydrogen) atoms. The van der Waals surface area contributed by atoms with Crippen LogP contribution in [0.2, 0.25) is 0 Å². The molecule has 0 unspecified atom stereocenters. The summed E-state index contributed by atoms with van der Waals surface area (Å²) in [6.45, 7) is -0.158. The number of aryl methyl sites for hydroxylation is 1. The molecule has 0 radical (unpaired) electrons. The number of halogens is 2. The molecule has 4 rings (SSSR count). The van der Waals surface area contributed by atoms with Gasteiger partial charge in [0.25, 0.3) is 0 Å². The van der Waals surface area contributed by atoms with Gasteiger partial charge in [0.1, 0.15) is 18.2 Å². The van der Waals surface area contributed by atoms with Gasteiger partial charge >= 0.3 is 0 Å². The third kappa shape index (κ3) is 3.79. The summed E-state index contributed by atoms with van der Waals surface area (Å²) in [5.41, 5.74) is 3.94. The number of rotatable bonds is 7. The van der Waals surface area contributed by atoms with Crippen molar-refractivity contribution in [2.75, 3.05) is 13.3 Å². The quantitative estimate of drug-likeness (QED) is 0.620. The van der Waals surface area contributed by atoms with Crippen molar-refractivity contribution in [3.63, 3.8) is 0 Å². The van der Waals surface area contributed by atoms with Crippen molar-refractivity contribution in [1.82, 2.24) is 14.3 Å². The smallest absolute Gasteiger partial charge is 0.242 e. The minimum Gasteiger partial charge on any atom is -0.336 e. The van der Waals surface area contributed by atoms with E-state index < -0.39 is 29.4 Å². The van der Waals surface area contributed by atoms with E-state index in [0.717, 1.165) is 29.4 Å². The zero-order chi connectivity index (χ0) is 20.6. The van der Waals surface area contributed by atoms with Crippen LogP contribution < -0.4 is 4.72 Å². The Bertz CT molecular complexity index is 1120. The van der Waals surface area contributed by atoms with E-state index in [4.69, 9.17) is 0 Å². The van der Waals surface area contributed by atoms with Crippen molar-refractivity contribution < 1.29 is 17.2 Å². The lowest BCUT2D eigenvalue weighted by Gasteiger charge is -2.30. The number of aromatic nitrogens is 2. The number of sulfonamides is 1. The highest BCUT2D eigenvalue weighted by Crippen LogP contribution is 2.39. The first-order valence-corrected chi connectivity index (χ1v) is 11.1. The fourth-order valence-corrected chi connectivity index (χ4v) is 4.79. The lowest BCUT2D eigenvalue weighted by atomic mass is 9.92. The molecule has 8 heteroatoms. The SMILES string of the molecule is Cc1ccc2cc(-c3ccc(S(=O)(=O)NC(CF)CF)cn3)n(C3CCC3)c2c1. The van der Waals surface area contributed by atoms with E-state index in [2.05, 4.69) is 40.7 Å². The van der Waals surface area contributed by atoms with Crippen LogP contribution in [-0.4, -0.2) is 37.4 Å². The van der Waals surface area contributed by atoms with Crippen LogP contribution in [0.5, 0.6) is 0 Å². The molecule has 0 spiro atoms. The molecule has 0 bridgehead atoms. The van der Waals surface area contributed by atoms with Crippen LogP contribution >= 0.6 is 0 Å². The van der Waals surface area contributed by atoms with Gasteiger partial charge in [0.15, 0.2) is 0 Å². The first-order valence-electron chi connectivity index (χ1n) is 9.65. The molecule has 1 aliphatic rings. The zero-order valence-corrected chi connectivity index (χ0v) is 16.9. The van der Waals surface area contributed by atoms with Crippen molar-refractivity contribution in [3.8, 4) is 11.4 Å². The first-order chi connectivity index (χ1) is 13.9. The van der Waals surface area contributed by atoms with Crippen LogP contribution in [0.3, 0.4) is 0 Å². The summed E-state index contributed by atoms with van der Waals surface area (Å²) in [4.78, 5) is 4.25. The summed E-state index contributed by atoms with van der Waals surface area (Å²) < 4.78 is 54.4. The fourth-order valence-electron chi connectivity index (χ4n) is 3.65. The van der Waals surface area contributed by atoms with E-state index in [1.54, 1.807) is 6.07 Å². The number of hydrogen-bond donors (Lipinski definition) is 1. The highest BCUT2D eigenvalue weighted by atomic mass is 32.2. The second-order valence-electron chi connectivity index (χ2n) is 7.55. The van der Waals surface area contributed by atoms with E-state index >= 15 is 0 Å². The number of hydrogen-bond acceptors (Lipinski definition) is 3. The Morgan fingerprint density at radius 2 is 1.93 bits per heavy atom. The summed E-state index contributed by atoms with van der Waals surface area (Å²) in [7, 11) is -4.03. The van der Waals surface area contributed by atoms with Gasteiger partial charge in [-0.05, 0) is 56.0 Å². The summed E-state index contributed by atoms with van der Waals surface area (Å²) in [6, 6.07) is 10.5. The zero-order valence-electron chi connectivity index (χ0n) is 16.1. The Morgan fingerprint density at radius 3 is 2.52 bits per heavy atom. The highest BCUT2D eigenvalue weighted by molar-refractivity contribution is 7.89. The van der Waals surface area contributed by atoms with Crippen LogP contribution in [0.15, 0.2) is 47.5 Å². The van der Waals surface area contributed by atoms with Gasteiger partial charge < -0.3 is 4.57 Å². The van der Waals surface area contributed by atoms with Crippen LogP contribution in [0, 0.1) is 6.92 Å². The molecule has 154 valence electrons. The number of alkyl halides is 2. The Morgan fingerprint density at radius 1 is 1.17 bits per heavy atom. The van der Waals surface area contributed by atoms with Crippen molar-refractivity contribution in [1.29, 1.82) is 0 Å². The molecule has 1 aliphatic carbocycles. The van der Waals surface area contributed by atoms with E-state index in [1.165, 1.54) is 24.2 Å². The van der Waals surface area contributed by atoms with Crippen molar-refractivity contribution in [2.45, 2.75) is 43.2 Å². The average molecular weight is 419 g/mol. The summed E-state index contributed by atoms with van der Waals surface area (Å²) in [5, 5.41) is 1.12. The molecule has 5 nitrogen and oxygen atoms in total. The van der Waals surface area contributed by atoms with Crippen molar-refractivity contribution in [3.05, 3.63) is 48.2 Å². The summed E-state index contributed by atoms with van der Waals surface area (Å²) in [5.74, 6) is 0. The second kappa shape index (κ2) is 7.84. The second-order valence-corrected chi connectivity index (χ2v) is 9.27. The third-order valence-corrected chi connectivity index (χ3v) is 6.95. The van der Waals surface area contributed by atoms with Gasteiger partial charge in [-0.3, -0.25) is 4.98 Å². The maximum absolute atomic E-state index is 12.7. The molecular weight excluding hydrogens is 396 g/mol. The number of fused-ring (bicyclic) bond motifs is 1. The van der Waals surface area contributed by atoms with Crippen molar-refractivity contribution in [2.24, 2.45) is 0 Å². The topological polar surface area (TPSA) is 64.0 Å². The van der Waals surface area contributed by atoms with E-state index in [0.29, 0.717) is 11.7 Å². The van der Waals surface area contributed by atoms with Gasteiger partial charge in [0.05, 0.1) is 17.4 Å².